The molecular weight excluding hydrogens is 431 g/mol. The Bertz CT molecular complexity index is 992. The van der Waals surface area contributed by atoms with Crippen molar-refractivity contribution in [3.8, 4) is 0 Å². The van der Waals surface area contributed by atoms with E-state index >= 15 is 0 Å². The highest BCUT2D eigenvalue weighted by molar-refractivity contribution is 7.89. The summed E-state index contributed by atoms with van der Waals surface area (Å²) in [7, 11) is -4.17. The Balaban J connectivity index is 1.69. The molecule has 2 N–H and O–H groups in total. The predicted molar refractivity (Wildman–Crippen MR) is 112 cm³/mol. The van der Waals surface area contributed by atoms with E-state index in [0.29, 0.717) is 37.6 Å². The maximum Gasteiger partial charge on any atom is 0.244 e. The van der Waals surface area contributed by atoms with Crippen molar-refractivity contribution < 1.29 is 22.3 Å². The molecule has 0 unspecified atom stereocenters. The number of halogens is 2. The van der Waals surface area contributed by atoms with Crippen LogP contribution in [0.4, 0.5) is 4.39 Å². The Labute approximate surface area is 180 Å². The molecule has 1 fully saturated rings. The van der Waals surface area contributed by atoms with Gasteiger partial charge in [0, 0.05) is 30.2 Å². The van der Waals surface area contributed by atoms with Crippen molar-refractivity contribution in [3.05, 3.63) is 64.9 Å². The van der Waals surface area contributed by atoms with Gasteiger partial charge in [-0.2, -0.15) is 4.72 Å². The number of benzene rings is 2. The fourth-order valence-corrected chi connectivity index (χ4v) is 4.96. The van der Waals surface area contributed by atoms with Crippen LogP contribution in [0.1, 0.15) is 25.3 Å². The molecule has 0 spiro atoms. The number of carbonyl (C=O) groups is 1. The maximum atomic E-state index is 13.9. The number of sulfonamides is 1. The van der Waals surface area contributed by atoms with Crippen LogP contribution < -0.4 is 10.0 Å². The number of hydrogen-bond donors (Lipinski definition) is 2. The average molecular weight is 455 g/mol. The molecule has 6 nitrogen and oxygen atoms in total. The molecule has 3 rings (SSSR count). The summed E-state index contributed by atoms with van der Waals surface area (Å²) in [5.74, 6) is -1.36. The van der Waals surface area contributed by atoms with Crippen LogP contribution in [-0.2, 0) is 25.0 Å². The molecule has 1 atom stereocenters. The smallest absolute Gasteiger partial charge is 0.244 e. The van der Waals surface area contributed by atoms with Gasteiger partial charge in [0.2, 0.25) is 15.9 Å². The van der Waals surface area contributed by atoms with Crippen molar-refractivity contribution in [2.75, 3.05) is 19.8 Å². The summed E-state index contributed by atoms with van der Waals surface area (Å²) in [4.78, 5) is 12.1. The summed E-state index contributed by atoms with van der Waals surface area (Å²) >= 11 is 6.00. The largest absolute Gasteiger partial charge is 0.381 e. The van der Waals surface area contributed by atoms with Gasteiger partial charge < -0.3 is 10.1 Å². The fourth-order valence-electron chi connectivity index (χ4n) is 3.55. The minimum Gasteiger partial charge on any atom is -0.381 e. The molecule has 2 aromatic rings. The van der Waals surface area contributed by atoms with Crippen molar-refractivity contribution >= 4 is 27.5 Å². The zero-order chi connectivity index (χ0) is 21.8. The fraction of sp³-hybridized carbons (Fsp3) is 0.381. The minimum atomic E-state index is -4.17. The van der Waals surface area contributed by atoms with Crippen LogP contribution in [0.15, 0.2) is 53.4 Å². The van der Waals surface area contributed by atoms with Gasteiger partial charge in [-0.1, -0.05) is 35.9 Å². The summed E-state index contributed by atoms with van der Waals surface area (Å²) in [5.41, 5.74) is 0.706. The predicted octanol–water partition coefficient (Wildman–Crippen LogP) is 3.01. The van der Waals surface area contributed by atoms with E-state index in [-0.39, 0.29) is 5.41 Å². The van der Waals surface area contributed by atoms with Gasteiger partial charge in [0.25, 0.3) is 0 Å². The van der Waals surface area contributed by atoms with Gasteiger partial charge in [-0.15, -0.1) is 0 Å². The highest BCUT2D eigenvalue weighted by Crippen LogP contribution is 2.35. The molecule has 0 saturated carbocycles. The first kappa shape index (κ1) is 22.7. The Morgan fingerprint density at radius 1 is 1.17 bits per heavy atom. The lowest BCUT2D eigenvalue weighted by molar-refractivity contribution is -0.122. The molecular formula is C21H24ClFN2O4S. The molecule has 9 heteroatoms. The topological polar surface area (TPSA) is 84.5 Å². The zero-order valence-electron chi connectivity index (χ0n) is 16.5. The molecule has 1 amide bonds. The molecule has 0 bridgehead atoms. The Hall–Kier alpha value is -2.00. The molecule has 1 aliphatic rings. The summed E-state index contributed by atoms with van der Waals surface area (Å²) in [6.45, 7) is 2.87. The third-order valence-electron chi connectivity index (χ3n) is 5.36. The van der Waals surface area contributed by atoms with Gasteiger partial charge in [0.05, 0.1) is 6.04 Å². The van der Waals surface area contributed by atoms with E-state index in [1.54, 1.807) is 12.1 Å². The van der Waals surface area contributed by atoms with E-state index in [9.17, 15) is 17.6 Å². The summed E-state index contributed by atoms with van der Waals surface area (Å²) < 4.78 is 46.4. The molecule has 0 aromatic heterocycles. The van der Waals surface area contributed by atoms with Crippen molar-refractivity contribution in [2.45, 2.75) is 36.1 Å². The van der Waals surface area contributed by atoms with Gasteiger partial charge in [-0.05, 0) is 49.6 Å². The van der Waals surface area contributed by atoms with Crippen molar-refractivity contribution in [1.29, 1.82) is 0 Å². The van der Waals surface area contributed by atoms with Crippen LogP contribution in [0.5, 0.6) is 0 Å². The third kappa shape index (κ3) is 5.18. The number of amides is 1. The first-order valence-electron chi connectivity index (χ1n) is 9.62. The molecule has 1 aliphatic heterocycles. The van der Waals surface area contributed by atoms with Crippen molar-refractivity contribution in [2.24, 2.45) is 0 Å². The number of carbonyl (C=O) groups excluding carboxylic acids is 1. The summed E-state index contributed by atoms with van der Waals surface area (Å²) in [6, 6.07) is 11.4. The van der Waals surface area contributed by atoms with Gasteiger partial charge >= 0.3 is 0 Å². The summed E-state index contributed by atoms with van der Waals surface area (Å²) in [6.07, 6.45) is 1.43. The highest BCUT2D eigenvalue weighted by Gasteiger charge is 2.35. The lowest BCUT2D eigenvalue weighted by Gasteiger charge is -2.38. The molecule has 1 heterocycles. The Kier molecular flexibility index (Phi) is 7.13. The van der Waals surface area contributed by atoms with E-state index in [2.05, 4.69) is 10.0 Å². The number of ether oxygens (including phenoxy) is 1. The molecule has 1 saturated heterocycles. The van der Waals surface area contributed by atoms with Crippen molar-refractivity contribution in [3.63, 3.8) is 0 Å². The zero-order valence-corrected chi connectivity index (χ0v) is 18.1. The minimum absolute atomic E-state index is 0.322. The third-order valence-corrected chi connectivity index (χ3v) is 7.18. The monoisotopic (exact) mass is 454 g/mol. The maximum absolute atomic E-state index is 13.9. The number of hydrogen-bond acceptors (Lipinski definition) is 4. The van der Waals surface area contributed by atoms with Gasteiger partial charge in [-0.25, -0.2) is 12.8 Å². The average Bonchev–Trinajstić information content (AvgIpc) is 2.73. The molecule has 30 heavy (non-hydrogen) atoms. The quantitative estimate of drug-likeness (QED) is 0.673. The second-order valence-electron chi connectivity index (χ2n) is 7.39. The molecule has 2 aromatic carbocycles. The second kappa shape index (κ2) is 9.43. The van der Waals surface area contributed by atoms with Crippen LogP contribution in [0, 0.1) is 5.82 Å². The van der Waals surface area contributed by atoms with E-state index in [4.69, 9.17) is 16.3 Å². The van der Waals surface area contributed by atoms with E-state index in [0.717, 1.165) is 17.7 Å². The van der Waals surface area contributed by atoms with E-state index < -0.39 is 32.7 Å². The molecule has 0 aliphatic carbocycles. The highest BCUT2D eigenvalue weighted by atomic mass is 35.5. The number of nitrogens with one attached hydrogen (secondary N) is 2. The molecule has 0 radical (unpaired) electrons. The SMILES string of the molecule is C[C@H](NS(=O)(=O)c1ccccc1F)C(=O)NCC1(c2ccc(Cl)cc2)CCOCC1. The van der Waals surface area contributed by atoms with Crippen LogP contribution in [0.25, 0.3) is 0 Å². The first-order valence-corrected chi connectivity index (χ1v) is 11.5. The van der Waals surface area contributed by atoms with Crippen LogP contribution in [-0.4, -0.2) is 40.1 Å². The summed E-state index contributed by atoms with van der Waals surface area (Å²) in [5, 5.41) is 3.47. The first-order chi connectivity index (χ1) is 14.2. The Morgan fingerprint density at radius 3 is 2.43 bits per heavy atom. The molecule has 162 valence electrons. The van der Waals surface area contributed by atoms with Crippen LogP contribution in [0.3, 0.4) is 0 Å². The van der Waals surface area contributed by atoms with Gasteiger partial charge in [0.1, 0.15) is 10.7 Å². The number of rotatable bonds is 7. The van der Waals surface area contributed by atoms with Crippen molar-refractivity contribution in [1.82, 2.24) is 10.0 Å². The standard InChI is InChI=1S/C21H24ClFN2O4S/c1-15(25-30(27,28)19-5-3-2-4-18(19)23)20(26)24-14-21(10-12-29-13-11-21)16-6-8-17(22)9-7-16/h2-9,15,25H,10-14H2,1H3,(H,24,26)/t15-/m0/s1. The van der Waals surface area contributed by atoms with E-state index in [1.165, 1.54) is 19.1 Å². The van der Waals surface area contributed by atoms with Crippen LogP contribution in [0.2, 0.25) is 5.02 Å². The lowest BCUT2D eigenvalue weighted by Crippen LogP contribution is -2.50. The van der Waals surface area contributed by atoms with Gasteiger partial charge in [0.15, 0.2) is 0 Å². The van der Waals surface area contributed by atoms with E-state index in [1.807, 2.05) is 12.1 Å². The lowest BCUT2D eigenvalue weighted by atomic mass is 9.74. The van der Waals surface area contributed by atoms with Gasteiger partial charge in [-0.3, -0.25) is 4.79 Å². The van der Waals surface area contributed by atoms with Crippen LogP contribution >= 0.6 is 11.6 Å². The second-order valence-corrected chi connectivity index (χ2v) is 9.51. The Morgan fingerprint density at radius 2 is 1.80 bits per heavy atom. The normalized spacial score (nSPS) is 17.3.